The lowest BCUT2D eigenvalue weighted by Gasteiger charge is -2.31. The first kappa shape index (κ1) is 12.6. The third-order valence-corrected chi connectivity index (χ3v) is 3.90. The van der Waals surface area contributed by atoms with Crippen LogP contribution in [0.2, 0.25) is 0 Å². The van der Waals surface area contributed by atoms with Gasteiger partial charge in [-0.25, -0.2) is 4.98 Å². The number of nitrogens with zero attached hydrogens (tertiary/aromatic N) is 2. The van der Waals surface area contributed by atoms with Crippen LogP contribution in [0.1, 0.15) is 51.3 Å². The fraction of sp³-hybridized carbons (Fsp3) is 0.846. The van der Waals surface area contributed by atoms with Crippen molar-refractivity contribution in [3.8, 4) is 0 Å². The molecule has 17 heavy (non-hydrogen) atoms. The lowest BCUT2D eigenvalue weighted by Crippen LogP contribution is -2.38. The van der Waals surface area contributed by atoms with Crippen LogP contribution in [0.5, 0.6) is 0 Å². The molecule has 2 atom stereocenters. The zero-order valence-corrected chi connectivity index (χ0v) is 10.8. The van der Waals surface area contributed by atoms with E-state index in [9.17, 15) is 0 Å². The second-order valence-electron chi connectivity index (χ2n) is 5.05. The number of aryl methyl sites for hydroxylation is 1. The van der Waals surface area contributed by atoms with Crippen LogP contribution in [0.3, 0.4) is 0 Å². The average Bonchev–Trinajstić information content (AvgIpc) is 2.88. The van der Waals surface area contributed by atoms with E-state index in [0.29, 0.717) is 0 Å². The Bertz CT molecular complexity index is 296. The van der Waals surface area contributed by atoms with E-state index >= 15 is 0 Å². The van der Waals surface area contributed by atoms with Crippen molar-refractivity contribution in [2.45, 2.75) is 57.9 Å². The molecular weight excluding hydrogens is 212 g/mol. The van der Waals surface area contributed by atoms with E-state index in [-0.39, 0.29) is 0 Å². The van der Waals surface area contributed by atoms with Gasteiger partial charge in [0.2, 0.25) is 0 Å². The molecule has 2 N–H and O–H groups in total. The monoisotopic (exact) mass is 236 g/mol. The summed E-state index contributed by atoms with van der Waals surface area (Å²) in [5.74, 6) is 1.90. The van der Waals surface area contributed by atoms with E-state index < -0.39 is 0 Å². The zero-order chi connectivity index (χ0) is 11.9. The van der Waals surface area contributed by atoms with Crippen LogP contribution < -0.4 is 5.32 Å². The fourth-order valence-corrected chi connectivity index (χ4v) is 2.86. The summed E-state index contributed by atoms with van der Waals surface area (Å²) in [7, 11) is 0. The van der Waals surface area contributed by atoms with Gasteiger partial charge in [0.15, 0.2) is 0 Å². The molecule has 4 nitrogen and oxygen atoms in total. The molecule has 1 aromatic rings. The normalized spacial score (nSPS) is 25.0. The van der Waals surface area contributed by atoms with Crippen LogP contribution in [-0.4, -0.2) is 27.8 Å². The first-order valence-electron chi connectivity index (χ1n) is 6.97. The van der Waals surface area contributed by atoms with Crippen LogP contribution in [0.25, 0.3) is 0 Å². The predicted octanol–water partition coefficient (Wildman–Crippen LogP) is 2.30. The van der Waals surface area contributed by atoms with E-state index in [1.807, 2.05) is 0 Å². The summed E-state index contributed by atoms with van der Waals surface area (Å²) in [6, 6.07) is 0.753. The summed E-state index contributed by atoms with van der Waals surface area (Å²) in [6.45, 7) is 3.42. The van der Waals surface area contributed by atoms with Crippen LogP contribution in [0.4, 0.5) is 0 Å². The van der Waals surface area contributed by atoms with Gasteiger partial charge in [0, 0.05) is 12.5 Å². The highest BCUT2D eigenvalue weighted by molar-refractivity contribution is 4.82. The molecule has 0 radical (unpaired) electrons. The van der Waals surface area contributed by atoms with E-state index in [1.54, 1.807) is 6.33 Å². The van der Waals surface area contributed by atoms with E-state index in [0.717, 1.165) is 37.2 Å². The predicted molar refractivity (Wildman–Crippen MR) is 68.7 cm³/mol. The fourth-order valence-electron chi connectivity index (χ4n) is 2.86. The van der Waals surface area contributed by atoms with Crippen molar-refractivity contribution in [1.82, 2.24) is 20.5 Å². The van der Waals surface area contributed by atoms with Crippen molar-refractivity contribution in [3.05, 3.63) is 12.2 Å². The minimum atomic E-state index is 0.753. The highest BCUT2D eigenvalue weighted by Gasteiger charge is 2.22. The molecule has 0 aliphatic heterocycles. The van der Waals surface area contributed by atoms with Crippen molar-refractivity contribution < 1.29 is 0 Å². The maximum absolute atomic E-state index is 4.14. The molecule has 1 aliphatic rings. The smallest absolute Gasteiger partial charge is 0.137 e. The summed E-state index contributed by atoms with van der Waals surface area (Å²) in [5.41, 5.74) is 0. The molecule has 2 rings (SSSR count). The molecule has 0 bridgehead atoms. The van der Waals surface area contributed by atoms with E-state index in [4.69, 9.17) is 0 Å². The Morgan fingerprint density at radius 1 is 1.41 bits per heavy atom. The van der Waals surface area contributed by atoms with Gasteiger partial charge in [0.25, 0.3) is 0 Å². The number of H-pyrrole nitrogens is 1. The van der Waals surface area contributed by atoms with Gasteiger partial charge in [-0.2, -0.15) is 5.10 Å². The summed E-state index contributed by atoms with van der Waals surface area (Å²) in [5, 5.41) is 10.5. The van der Waals surface area contributed by atoms with Gasteiger partial charge in [0.05, 0.1) is 0 Å². The second kappa shape index (κ2) is 6.74. The molecule has 0 saturated heterocycles. The Kier molecular flexibility index (Phi) is 4.98. The number of aromatic amines is 1. The van der Waals surface area contributed by atoms with E-state index in [1.165, 1.54) is 32.1 Å². The second-order valence-corrected chi connectivity index (χ2v) is 5.05. The Morgan fingerprint density at radius 2 is 2.29 bits per heavy atom. The van der Waals surface area contributed by atoms with Gasteiger partial charge in [0.1, 0.15) is 12.2 Å². The average molecular weight is 236 g/mol. The molecule has 1 aromatic heterocycles. The minimum Gasteiger partial charge on any atom is -0.314 e. The van der Waals surface area contributed by atoms with Gasteiger partial charge in [-0.15, -0.1) is 0 Å². The molecule has 0 aromatic carbocycles. The summed E-state index contributed by atoms with van der Waals surface area (Å²) in [4.78, 5) is 4.14. The van der Waals surface area contributed by atoms with Gasteiger partial charge >= 0.3 is 0 Å². The van der Waals surface area contributed by atoms with Crippen molar-refractivity contribution in [3.63, 3.8) is 0 Å². The first-order valence-corrected chi connectivity index (χ1v) is 6.97. The largest absolute Gasteiger partial charge is 0.314 e. The van der Waals surface area contributed by atoms with Gasteiger partial charge < -0.3 is 5.32 Å². The summed E-state index contributed by atoms with van der Waals surface area (Å²) in [6.07, 6.45) is 10.6. The molecular formula is C13H24N4. The Balaban J connectivity index is 1.63. The van der Waals surface area contributed by atoms with Gasteiger partial charge in [-0.3, -0.25) is 5.10 Å². The highest BCUT2D eigenvalue weighted by Crippen LogP contribution is 2.26. The Hall–Kier alpha value is -0.900. The third kappa shape index (κ3) is 3.80. The lowest BCUT2D eigenvalue weighted by atomic mass is 9.83. The Morgan fingerprint density at radius 3 is 3.06 bits per heavy atom. The van der Waals surface area contributed by atoms with Crippen LogP contribution >= 0.6 is 0 Å². The molecule has 1 saturated carbocycles. The molecule has 1 fully saturated rings. The van der Waals surface area contributed by atoms with Gasteiger partial charge in [-0.05, 0) is 31.7 Å². The summed E-state index contributed by atoms with van der Waals surface area (Å²) < 4.78 is 0. The van der Waals surface area contributed by atoms with Crippen molar-refractivity contribution in [2.75, 3.05) is 6.54 Å². The van der Waals surface area contributed by atoms with Crippen molar-refractivity contribution in [2.24, 2.45) is 5.92 Å². The SMILES string of the molecule is CCC1CCCCC1NCCCc1ncn[nH]1. The molecule has 1 heterocycles. The van der Waals surface area contributed by atoms with Crippen LogP contribution in [0.15, 0.2) is 6.33 Å². The number of hydrogen-bond acceptors (Lipinski definition) is 3. The molecule has 2 unspecified atom stereocenters. The van der Waals surface area contributed by atoms with Gasteiger partial charge in [-0.1, -0.05) is 26.2 Å². The quantitative estimate of drug-likeness (QED) is 0.745. The molecule has 0 amide bonds. The zero-order valence-electron chi connectivity index (χ0n) is 10.8. The van der Waals surface area contributed by atoms with Crippen LogP contribution in [-0.2, 0) is 6.42 Å². The lowest BCUT2D eigenvalue weighted by molar-refractivity contribution is 0.255. The third-order valence-electron chi connectivity index (χ3n) is 3.90. The minimum absolute atomic E-state index is 0.753. The van der Waals surface area contributed by atoms with Crippen LogP contribution in [0, 0.1) is 5.92 Å². The number of rotatable bonds is 6. The summed E-state index contributed by atoms with van der Waals surface area (Å²) >= 11 is 0. The molecule has 1 aliphatic carbocycles. The molecule has 4 heteroatoms. The number of aromatic nitrogens is 3. The molecule has 0 spiro atoms. The van der Waals surface area contributed by atoms with Crippen molar-refractivity contribution >= 4 is 0 Å². The Labute approximate surface area is 104 Å². The maximum Gasteiger partial charge on any atom is 0.137 e. The number of hydrogen-bond donors (Lipinski definition) is 2. The van der Waals surface area contributed by atoms with E-state index in [2.05, 4.69) is 27.4 Å². The molecule has 96 valence electrons. The number of nitrogens with one attached hydrogen (secondary N) is 2. The first-order chi connectivity index (χ1) is 8.40. The standard InChI is InChI=1S/C13H24N4/c1-2-11-6-3-4-7-12(11)14-9-5-8-13-15-10-16-17-13/h10-12,14H,2-9H2,1H3,(H,15,16,17). The topological polar surface area (TPSA) is 53.6 Å². The maximum atomic E-state index is 4.14. The van der Waals surface area contributed by atoms with Crippen molar-refractivity contribution in [1.29, 1.82) is 0 Å². The highest BCUT2D eigenvalue weighted by atomic mass is 15.2.